The third-order valence-electron chi connectivity index (χ3n) is 9.21. The summed E-state index contributed by atoms with van der Waals surface area (Å²) in [6, 6.07) is 3.71. The van der Waals surface area contributed by atoms with Gasteiger partial charge in [-0.15, -0.1) is 0 Å². The molecule has 248 valence electrons. The van der Waals surface area contributed by atoms with Crippen molar-refractivity contribution in [2.45, 2.75) is 109 Å². The number of carbonyl (C=O) groups excluding carboxylic acids is 3. The van der Waals surface area contributed by atoms with E-state index in [2.05, 4.69) is 0 Å². The van der Waals surface area contributed by atoms with Gasteiger partial charge in [-0.05, 0) is 51.8 Å². The number of rotatable bonds is 4. The van der Waals surface area contributed by atoms with E-state index in [1.54, 1.807) is 28.0 Å². The van der Waals surface area contributed by atoms with Crippen molar-refractivity contribution in [2.24, 2.45) is 5.92 Å². The minimum absolute atomic E-state index is 0.133. The molecule has 0 aromatic heterocycles. The smallest absolute Gasteiger partial charge is 0.335 e. The summed E-state index contributed by atoms with van der Waals surface area (Å²) in [5, 5.41) is 0.294. The van der Waals surface area contributed by atoms with Crippen molar-refractivity contribution < 1.29 is 42.8 Å². The van der Waals surface area contributed by atoms with E-state index < -0.39 is 53.7 Å². The van der Waals surface area contributed by atoms with E-state index in [1.165, 1.54) is 12.0 Å². The van der Waals surface area contributed by atoms with E-state index in [1.807, 2.05) is 58.1 Å². The fourth-order valence-corrected chi connectivity index (χ4v) is 6.70. The van der Waals surface area contributed by atoms with Crippen LogP contribution in [-0.2, 0) is 44.5 Å². The summed E-state index contributed by atoms with van der Waals surface area (Å²) < 4.78 is 35.9. The standard InChI is InChI=1S/C34H46ClNO9/c1-10-29(38)43-27-17-28(37)36(7)23-15-22(16-24(40-8)30(23)35)14-19(2)12-11-13-26(41-9)33(5)18-25(42-32(39)21(4)44-33)20(3)31-34(27,6)45-31/h11-13,15-16,20-21,25-27,31H,10,14,17-18H2,1-9H3/b13-11+,19-12+/t20-,21?,25+,26-,27+,31?,33+,34+/m1/s1. The van der Waals surface area contributed by atoms with Gasteiger partial charge < -0.3 is 33.3 Å². The molecule has 0 radical (unpaired) electrons. The summed E-state index contributed by atoms with van der Waals surface area (Å²) >= 11 is 6.70. The Morgan fingerprint density at radius 3 is 2.51 bits per heavy atom. The topological polar surface area (TPSA) is 113 Å². The number of amides is 1. The van der Waals surface area contributed by atoms with Crippen LogP contribution in [0.3, 0.4) is 0 Å². The summed E-state index contributed by atoms with van der Waals surface area (Å²) in [5.41, 5.74) is 0.471. The van der Waals surface area contributed by atoms with Crippen LogP contribution in [0, 0.1) is 5.92 Å². The van der Waals surface area contributed by atoms with Crippen LogP contribution in [0.25, 0.3) is 0 Å². The van der Waals surface area contributed by atoms with Gasteiger partial charge in [-0.1, -0.05) is 49.2 Å². The lowest BCUT2D eigenvalue weighted by Crippen LogP contribution is -2.47. The lowest BCUT2D eigenvalue weighted by molar-refractivity contribution is -0.165. The molecule has 45 heavy (non-hydrogen) atoms. The van der Waals surface area contributed by atoms with Crippen molar-refractivity contribution in [1.29, 1.82) is 0 Å². The number of fused-ring (bicyclic) bond motifs is 5. The summed E-state index contributed by atoms with van der Waals surface area (Å²) in [4.78, 5) is 40.9. The first-order valence-corrected chi connectivity index (χ1v) is 15.8. The minimum atomic E-state index is -1.00. The number of methoxy groups -OCH3 is 2. The molecule has 1 amide bonds. The maximum atomic E-state index is 13.8. The van der Waals surface area contributed by atoms with Gasteiger partial charge in [0.15, 0.2) is 6.10 Å². The average Bonchev–Trinajstić information content (AvgIpc) is 3.71. The highest BCUT2D eigenvalue weighted by atomic mass is 35.5. The molecule has 4 rings (SSSR count). The highest BCUT2D eigenvalue weighted by Crippen LogP contribution is 2.49. The molecular weight excluding hydrogens is 602 g/mol. The minimum Gasteiger partial charge on any atom is -0.495 e. The van der Waals surface area contributed by atoms with Crippen LogP contribution in [0.5, 0.6) is 5.75 Å². The monoisotopic (exact) mass is 647 g/mol. The predicted octanol–water partition coefficient (Wildman–Crippen LogP) is 5.37. The third-order valence-corrected chi connectivity index (χ3v) is 9.59. The second kappa shape index (κ2) is 13.8. The fourth-order valence-electron chi connectivity index (χ4n) is 6.39. The van der Waals surface area contributed by atoms with E-state index in [4.69, 9.17) is 40.0 Å². The molecule has 2 saturated heterocycles. The van der Waals surface area contributed by atoms with Gasteiger partial charge in [0, 0.05) is 32.9 Å². The largest absolute Gasteiger partial charge is 0.495 e. The Hall–Kier alpha value is -2.92. The van der Waals surface area contributed by atoms with Gasteiger partial charge >= 0.3 is 11.9 Å². The lowest BCUT2D eigenvalue weighted by Gasteiger charge is -2.37. The first kappa shape index (κ1) is 34.9. The zero-order valence-electron chi connectivity index (χ0n) is 27.7. The zero-order chi connectivity index (χ0) is 33.3. The molecule has 0 spiro atoms. The molecule has 10 nitrogen and oxygen atoms in total. The molecule has 0 aliphatic carbocycles. The quantitative estimate of drug-likeness (QED) is 0.314. The molecule has 1 aromatic rings. The Kier molecular flexibility index (Phi) is 10.7. The number of hydrogen-bond donors (Lipinski definition) is 0. The van der Waals surface area contributed by atoms with Crippen molar-refractivity contribution in [3.05, 3.63) is 46.5 Å². The van der Waals surface area contributed by atoms with Gasteiger partial charge in [0.05, 0.1) is 30.9 Å². The van der Waals surface area contributed by atoms with Crippen LogP contribution in [0.2, 0.25) is 5.02 Å². The van der Waals surface area contributed by atoms with Crippen molar-refractivity contribution in [3.63, 3.8) is 0 Å². The molecule has 1 aromatic carbocycles. The zero-order valence-corrected chi connectivity index (χ0v) is 28.4. The van der Waals surface area contributed by atoms with Gasteiger partial charge in [0.2, 0.25) is 5.91 Å². The first-order valence-electron chi connectivity index (χ1n) is 15.4. The van der Waals surface area contributed by atoms with Crippen LogP contribution in [0.1, 0.15) is 66.4 Å². The van der Waals surface area contributed by atoms with E-state index in [9.17, 15) is 14.4 Å². The number of ether oxygens (including phenoxy) is 6. The number of benzene rings is 1. The summed E-state index contributed by atoms with van der Waals surface area (Å²) in [6.45, 7) is 11.0. The number of allylic oxidation sites excluding steroid dienone is 3. The molecule has 3 heterocycles. The molecule has 8 atom stereocenters. The molecule has 2 unspecified atom stereocenters. The second-order valence-corrected chi connectivity index (χ2v) is 13.1. The molecular formula is C34H46ClNO9. The molecule has 11 heteroatoms. The number of nitrogens with zero attached hydrogens (tertiary/aromatic N) is 1. The summed E-state index contributed by atoms with van der Waals surface area (Å²) in [7, 11) is 4.77. The fraction of sp³-hybridized carbons (Fsp3) is 0.618. The summed E-state index contributed by atoms with van der Waals surface area (Å²) in [5.74, 6) is -1.14. The van der Waals surface area contributed by atoms with Gasteiger partial charge in [-0.3, -0.25) is 9.59 Å². The van der Waals surface area contributed by atoms with Crippen molar-refractivity contribution in [1.82, 2.24) is 0 Å². The molecule has 4 bridgehead atoms. The molecule has 3 aliphatic rings. The average molecular weight is 648 g/mol. The number of carbonyl (C=O) groups is 3. The van der Waals surface area contributed by atoms with Gasteiger partial charge in [-0.2, -0.15) is 0 Å². The number of esters is 2. The van der Waals surface area contributed by atoms with Crippen LogP contribution < -0.4 is 9.64 Å². The van der Waals surface area contributed by atoms with Crippen LogP contribution >= 0.6 is 11.6 Å². The van der Waals surface area contributed by atoms with Gasteiger partial charge in [0.25, 0.3) is 0 Å². The molecule has 0 saturated carbocycles. The Morgan fingerprint density at radius 2 is 1.87 bits per heavy atom. The van der Waals surface area contributed by atoms with Crippen molar-refractivity contribution in [2.75, 3.05) is 26.2 Å². The third kappa shape index (κ3) is 7.40. The van der Waals surface area contributed by atoms with E-state index in [-0.39, 0.29) is 24.7 Å². The maximum absolute atomic E-state index is 13.8. The lowest BCUT2D eigenvalue weighted by atomic mass is 9.82. The van der Waals surface area contributed by atoms with Crippen molar-refractivity contribution >= 4 is 35.1 Å². The highest BCUT2D eigenvalue weighted by molar-refractivity contribution is 6.35. The molecule has 2 fully saturated rings. The normalized spacial score (nSPS) is 36.1. The Morgan fingerprint density at radius 1 is 1.16 bits per heavy atom. The molecule has 3 aliphatic heterocycles. The second-order valence-electron chi connectivity index (χ2n) is 12.7. The maximum Gasteiger partial charge on any atom is 0.335 e. The Bertz CT molecular complexity index is 1360. The van der Waals surface area contributed by atoms with E-state index in [0.717, 1.165) is 11.1 Å². The SMILES string of the molecule is CCC(=O)O[C@H]1CC(=O)N(C)c2cc(cc(OC)c2Cl)C/C(C)=C/C=C/[C@@H](OC)[C@]2(C)C[C@H](OC(=O)C(C)O2)[C@@H](C)C2O[C@]21C. The van der Waals surface area contributed by atoms with E-state index in [0.29, 0.717) is 29.3 Å². The first-order chi connectivity index (χ1) is 21.2. The number of epoxide rings is 1. The Labute approximate surface area is 270 Å². The van der Waals surface area contributed by atoms with Crippen LogP contribution in [0.4, 0.5) is 5.69 Å². The molecule has 0 N–H and O–H groups in total. The van der Waals surface area contributed by atoms with E-state index >= 15 is 0 Å². The highest BCUT2D eigenvalue weighted by Gasteiger charge is 2.64. The van der Waals surface area contributed by atoms with Crippen molar-refractivity contribution in [3.8, 4) is 5.75 Å². The van der Waals surface area contributed by atoms with Crippen LogP contribution in [0.15, 0.2) is 35.9 Å². The number of anilines is 1. The van der Waals surface area contributed by atoms with Gasteiger partial charge in [-0.25, -0.2) is 4.79 Å². The summed E-state index contributed by atoms with van der Waals surface area (Å²) in [6.07, 6.45) is 3.39. The van der Waals surface area contributed by atoms with Gasteiger partial charge in [0.1, 0.15) is 34.7 Å². The van der Waals surface area contributed by atoms with Crippen LogP contribution in [-0.4, -0.2) is 80.8 Å². The number of hydrogen-bond acceptors (Lipinski definition) is 9. The Balaban J connectivity index is 1.82. The predicted molar refractivity (Wildman–Crippen MR) is 169 cm³/mol. The number of halogens is 1.